The molecule has 0 rings (SSSR count). The zero-order valence-corrected chi connectivity index (χ0v) is 18.1. The Kier molecular flexibility index (Phi) is 50.6. The minimum absolute atomic E-state index is 1.06. The van der Waals surface area contributed by atoms with Crippen LogP contribution in [-0.4, -0.2) is 44.3 Å². The summed E-state index contributed by atoms with van der Waals surface area (Å²) in [5.41, 5.74) is 0. The fourth-order valence-electron chi connectivity index (χ4n) is 0. The van der Waals surface area contributed by atoms with Crippen LogP contribution in [0.5, 0.6) is 0 Å². The summed E-state index contributed by atoms with van der Waals surface area (Å²) in [6.45, 7) is 0. The molecule has 0 aliphatic carbocycles. The summed E-state index contributed by atoms with van der Waals surface area (Å²) in [6, 6.07) is 0. The second kappa shape index (κ2) is 31.0. The number of hydrogen-bond acceptors (Lipinski definition) is 15. The molecule has 0 saturated carbocycles. The number of carbonyl (C=O) groups is 4. The number of aliphatic carboxylic acids is 4. The van der Waals surface area contributed by atoms with Crippen LogP contribution in [0.15, 0.2) is 0 Å². The van der Waals surface area contributed by atoms with Gasteiger partial charge in [0, 0.05) is 0 Å². The van der Waals surface area contributed by atoms with E-state index in [1.54, 1.807) is 0 Å². The third-order valence-corrected chi connectivity index (χ3v) is 0.366. The van der Waals surface area contributed by atoms with Crippen molar-refractivity contribution in [3.8, 4) is 0 Å². The van der Waals surface area contributed by atoms with E-state index in [0.29, 0.717) is 0 Å². The van der Waals surface area contributed by atoms with Crippen molar-refractivity contribution in [2.75, 3.05) is 0 Å². The fourth-order valence-corrected chi connectivity index (χ4v) is 0. The van der Waals surface area contributed by atoms with Crippen LogP contribution in [0.25, 0.3) is 0 Å². The molecule has 0 aliphatic rings. The Hall–Kier alpha value is -0.747. The van der Waals surface area contributed by atoms with Crippen molar-refractivity contribution < 1.29 is 141 Å². The Labute approximate surface area is 180 Å². The van der Waals surface area contributed by atoms with Gasteiger partial charge in [-0.25, -0.2) is 19.2 Å². The number of carboxylic acids is 4. The number of phosphoric acid groups is 2. The van der Waals surface area contributed by atoms with Crippen molar-refractivity contribution in [2.24, 2.45) is 0 Å². The Morgan fingerprint density at radius 1 is 0.464 bits per heavy atom. The average Bonchev–Trinajstić information content (AvgIpc) is 2.50. The molecule has 0 saturated heterocycles. The topological polar surface area (TPSA) is 373 Å². The van der Waals surface area contributed by atoms with E-state index in [-0.39, 0.29) is 0 Å². The fraction of sp³-hybridized carbons (Fsp3) is 0. The zero-order chi connectivity index (χ0) is 25.3. The summed E-state index contributed by atoms with van der Waals surface area (Å²) in [5, 5.41) is 29.6. The molecule has 159 valence electrons. The zero-order valence-electron chi connectivity index (χ0n) is 12.1. The first-order valence-electron chi connectivity index (χ1n) is 4.22. The van der Waals surface area contributed by atoms with E-state index in [1.807, 2.05) is 0 Å². The van der Waals surface area contributed by atoms with Gasteiger partial charge in [0.2, 0.25) is 0 Å². The summed E-state index contributed by atoms with van der Waals surface area (Å²) in [4.78, 5) is 87.7. The molecule has 0 aromatic rings. The van der Waals surface area contributed by atoms with Crippen molar-refractivity contribution in [1.82, 2.24) is 0 Å². The van der Waals surface area contributed by atoms with Crippen LogP contribution in [0.1, 0.15) is 0 Å². The Morgan fingerprint density at radius 3 is 0.500 bits per heavy atom. The minimum atomic E-state index is -5.39. The molecule has 4 N–H and O–H groups in total. The first-order valence-corrected chi connectivity index (χ1v) is 8.85. The third-order valence-electron chi connectivity index (χ3n) is 0.366. The third kappa shape index (κ3) is 282. The molecule has 28 heavy (non-hydrogen) atoms. The van der Waals surface area contributed by atoms with E-state index in [2.05, 4.69) is 0 Å². The quantitative estimate of drug-likeness (QED) is 0.155. The molecule has 0 radical (unpaired) electrons. The first-order chi connectivity index (χ1) is 12.3. The van der Waals surface area contributed by atoms with E-state index < -0.39 is 39.5 Å². The van der Waals surface area contributed by atoms with Crippen molar-refractivity contribution in [1.29, 1.82) is 0 Å². The Bertz CT molecular complexity index is 432. The van der Waals surface area contributed by atoms with Gasteiger partial charge in [-0.05, 0) is 0 Å². The van der Waals surface area contributed by atoms with E-state index in [4.69, 9.17) is 89.1 Å². The van der Waals surface area contributed by atoms with Crippen LogP contribution in [0.3, 0.4) is 0 Å². The Balaban J connectivity index is -0.0000000385. The maximum absolute atomic E-state index is 9.10. The molecule has 0 amide bonds. The second-order valence-electron chi connectivity index (χ2n) is 2.12. The van der Waals surface area contributed by atoms with Gasteiger partial charge in [0.1, 0.15) is 0 Å². The first kappa shape index (κ1) is 45.8. The normalized spacial score (nSPS) is 8.00. The van der Waals surface area contributed by atoms with Crippen LogP contribution in [0.4, 0.5) is 0 Å². The molecule has 19 nitrogen and oxygen atoms in total. The molecular weight excluding hydrogens is 567 g/mol. The SMILES string of the molecule is O=C(O)C(=O)O.O=C(O)C(=O)O.O=P([O-])([O-])[O-].O=P([O-])([O-])[O-].[O]=[V+2].[O]=[V+2].[O]=[V+2]. The van der Waals surface area contributed by atoms with Crippen molar-refractivity contribution >= 4 is 39.5 Å². The van der Waals surface area contributed by atoms with Crippen molar-refractivity contribution in [3.63, 3.8) is 0 Å². The van der Waals surface area contributed by atoms with Crippen LogP contribution in [-0.2, 0) is 91.4 Å². The number of hydrogen-bond donors (Lipinski definition) is 4. The van der Waals surface area contributed by atoms with Gasteiger partial charge in [-0.2, -0.15) is 15.6 Å². The van der Waals surface area contributed by atoms with Crippen LogP contribution in [0, 0.1) is 0 Å². The van der Waals surface area contributed by atoms with E-state index in [9.17, 15) is 0 Å². The summed E-state index contributed by atoms with van der Waals surface area (Å²) < 4.78 is 41.7. The second-order valence-corrected chi connectivity index (χ2v) is 3.90. The predicted octanol–water partition coefficient (Wildman–Crippen LogP) is -7.70. The van der Waals surface area contributed by atoms with Crippen LogP contribution < -0.4 is 29.4 Å². The monoisotopic (exact) mass is 571 g/mol. The van der Waals surface area contributed by atoms with Gasteiger partial charge in [0.15, 0.2) is 0 Å². The molecule has 0 heterocycles. The van der Waals surface area contributed by atoms with Crippen LogP contribution in [0.2, 0.25) is 0 Å². The van der Waals surface area contributed by atoms with Gasteiger partial charge in [-0.3, -0.25) is 0 Å². The molecule has 0 bridgehead atoms. The van der Waals surface area contributed by atoms with Crippen molar-refractivity contribution in [3.05, 3.63) is 0 Å². The van der Waals surface area contributed by atoms with Crippen LogP contribution >= 0.6 is 15.6 Å². The molecule has 0 unspecified atom stereocenters. The maximum atomic E-state index is 9.10. The standard InChI is InChI=1S/2C2H2O4.2H3O4P.3O.3V/c2*3-1(4)2(5)6;2*1-5(2,3)4;;;;;;/h2*(H,3,4)(H,5,6);2*(H3,1,2,3,4);;;;;;/q;;;;;;;3*+2/p-6. The van der Waals surface area contributed by atoms with Crippen molar-refractivity contribution in [2.45, 2.75) is 0 Å². The van der Waals surface area contributed by atoms with E-state index in [1.165, 1.54) is 0 Å². The molecular formula is C4H4O19P2V3. The molecule has 0 fully saturated rings. The molecule has 24 heteroatoms. The summed E-state index contributed by atoms with van der Waals surface area (Å²) in [7, 11) is -10.8. The molecule has 0 aromatic heterocycles. The van der Waals surface area contributed by atoms with Gasteiger partial charge in [-0.1, -0.05) is 0 Å². The predicted molar refractivity (Wildman–Crippen MR) is 47.8 cm³/mol. The van der Waals surface area contributed by atoms with E-state index in [0.717, 1.165) is 52.1 Å². The Morgan fingerprint density at radius 2 is 0.500 bits per heavy atom. The van der Waals surface area contributed by atoms with Gasteiger partial charge >= 0.3 is 87.0 Å². The van der Waals surface area contributed by atoms with Gasteiger partial charge in [0.25, 0.3) is 0 Å². The van der Waals surface area contributed by atoms with Gasteiger partial charge in [-0.15, -0.1) is 0 Å². The summed E-state index contributed by atoms with van der Waals surface area (Å²) in [6.07, 6.45) is 0. The number of rotatable bonds is 0. The molecule has 0 aromatic carbocycles. The molecule has 0 spiro atoms. The summed E-state index contributed by atoms with van der Waals surface area (Å²) >= 11 is 3.19. The number of carboxylic acid groups (broad SMARTS) is 4. The molecule has 0 atom stereocenters. The van der Waals surface area contributed by atoms with E-state index >= 15 is 0 Å². The summed E-state index contributed by atoms with van der Waals surface area (Å²) in [5.74, 6) is -7.30. The van der Waals surface area contributed by atoms with Gasteiger partial charge in [0.05, 0.1) is 0 Å². The average molecular weight is 571 g/mol. The van der Waals surface area contributed by atoms with Gasteiger partial charge < -0.3 is 58.9 Å². The molecule has 0 aliphatic heterocycles.